The Balaban J connectivity index is 2.07. The molecule has 2 aromatic rings. The first kappa shape index (κ1) is 16.1. The van der Waals surface area contributed by atoms with Gasteiger partial charge >= 0.3 is 11.8 Å². The van der Waals surface area contributed by atoms with Gasteiger partial charge in [0.25, 0.3) is 0 Å². The van der Waals surface area contributed by atoms with Crippen molar-refractivity contribution in [3.05, 3.63) is 58.1 Å². The van der Waals surface area contributed by atoms with Gasteiger partial charge in [-0.25, -0.2) is 8.78 Å². The first-order valence-corrected chi connectivity index (χ1v) is 6.99. The minimum absolute atomic E-state index is 0.269. The molecule has 0 aliphatic heterocycles. The number of rotatable bonds is 2. The molecule has 0 radical (unpaired) electrons. The zero-order valence-electron chi connectivity index (χ0n) is 11.4. The Bertz CT molecular complexity index is 687. The summed E-state index contributed by atoms with van der Waals surface area (Å²) in [6.07, 6.45) is 0. The Morgan fingerprint density at radius 1 is 0.955 bits per heavy atom. The topological polar surface area (TPSA) is 58.2 Å². The van der Waals surface area contributed by atoms with Crippen molar-refractivity contribution in [1.29, 1.82) is 0 Å². The maximum Gasteiger partial charge on any atom is 0.314 e. The highest BCUT2D eigenvalue weighted by atomic mass is 79.9. The second-order valence-corrected chi connectivity index (χ2v) is 5.41. The van der Waals surface area contributed by atoms with Crippen LogP contribution in [0.1, 0.15) is 5.56 Å². The van der Waals surface area contributed by atoms with Crippen molar-refractivity contribution >= 4 is 39.1 Å². The molecule has 4 nitrogen and oxygen atoms in total. The molecule has 2 rings (SSSR count). The monoisotopic (exact) mass is 368 g/mol. The lowest BCUT2D eigenvalue weighted by Gasteiger charge is -2.09. The summed E-state index contributed by atoms with van der Waals surface area (Å²) in [5.74, 6) is -3.73. The molecule has 7 heteroatoms. The first-order valence-electron chi connectivity index (χ1n) is 6.20. The van der Waals surface area contributed by atoms with Gasteiger partial charge in [0, 0.05) is 16.2 Å². The number of hydrogen-bond donors (Lipinski definition) is 2. The van der Waals surface area contributed by atoms with E-state index in [0.29, 0.717) is 11.8 Å². The summed E-state index contributed by atoms with van der Waals surface area (Å²) in [6, 6.07) is 7.75. The molecule has 0 unspecified atom stereocenters. The van der Waals surface area contributed by atoms with E-state index < -0.39 is 23.4 Å². The summed E-state index contributed by atoms with van der Waals surface area (Å²) in [6.45, 7) is 1.76. The molecule has 0 saturated carbocycles. The van der Waals surface area contributed by atoms with E-state index in [1.807, 2.05) is 0 Å². The number of benzene rings is 2. The highest BCUT2D eigenvalue weighted by Crippen LogP contribution is 2.20. The van der Waals surface area contributed by atoms with Crippen LogP contribution in [0.4, 0.5) is 20.2 Å². The predicted molar refractivity (Wildman–Crippen MR) is 82.5 cm³/mol. The average Bonchev–Trinajstić information content (AvgIpc) is 2.44. The standard InChI is InChI=1S/C15H11BrF2N2O2/c1-8-6-9(16)2-4-12(8)19-14(21)15(22)20-13-5-3-10(17)7-11(13)18/h2-7H,1H3,(H,19,21)(H,20,22). The van der Waals surface area contributed by atoms with Crippen molar-refractivity contribution in [3.63, 3.8) is 0 Å². The second kappa shape index (κ2) is 6.65. The van der Waals surface area contributed by atoms with E-state index in [4.69, 9.17) is 0 Å². The zero-order valence-corrected chi connectivity index (χ0v) is 13.0. The number of halogens is 3. The summed E-state index contributed by atoms with van der Waals surface area (Å²) < 4.78 is 27.0. The van der Waals surface area contributed by atoms with Crippen LogP contribution in [-0.2, 0) is 9.59 Å². The summed E-state index contributed by atoms with van der Waals surface area (Å²) in [5.41, 5.74) is 0.945. The van der Waals surface area contributed by atoms with Crippen molar-refractivity contribution < 1.29 is 18.4 Å². The van der Waals surface area contributed by atoms with Gasteiger partial charge in [-0.3, -0.25) is 9.59 Å². The summed E-state index contributed by atoms with van der Waals surface area (Å²) in [4.78, 5) is 23.5. The van der Waals surface area contributed by atoms with Gasteiger partial charge in [-0.2, -0.15) is 0 Å². The Labute approximate surface area is 133 Å². The van der Waals surface area contributed by atoms with Crippen LogP contribution in [0.25, 0.3) is 0 Å². The highest BCUT2D eigenvalue weighted by molar-refractivity contribution is 9.10. The number of amides is 2. The molecule has 2 amide bonds. The van der Waals surface area contributed by atoms with Crippen molar-refractivity contribution in [2.24, 2.45) is 0 Å². The van der Waals surface area contributed by atoms with Crippen molar-refractivity contribution in [2.45, 2.75) is 6.92 Å². The smallest absolute Gasteiger partial charge is 0.314 e. The summed E-state index contributed by atoms with van der Waals surface area (Å²) >= 11 is 3.29. The molecule has 0 bridgehead atoms. The lowest BCUT2D eigenvalue weighted by Crippen LogP contribution is -2.29. The van der Waals surface area contributed by atoms with E-state index in [-0.39, 0.29) is 5.69 Å². The molecule has 0 fully saturated rings. The van der Waals surface area contributed by atoms with Crippen LogP contribution in [0.3, 0.4) is 0 Å². The van der Waals surface area contributed by atoms with Crippen LogP contribution in [0.15, 0.2) is 40.9 Å². The molecule has 0 aliphatic carbocycles. The number of hydrogen-bond acceptors (Lipinski definition) is 2. The van der Waals surface area contributed by atoms with Gasteiger partial charge in [0.15, 0.2) is 0 Å². The van der Waals surface area contributed by atoms with Gasteiger partial charge < -0.3 is 10.6 Å². The zero-order chi connectivity index (χ0) is 16.3. The molecule has 0 atom stereocenters. The average molecular weight is 369 g/mol. The molecule has 2 aromatic carbocycles. The molecular weight excluding hydrogens is 358 g/mol. The quantitative estimate of drug-likeness (QED) is 0.795. The van der Waals surface area contributed by atoms with Gasteiger partial charge in [0.1, 0.15) is 11.6 Å². The molecule has 0 aliphatic rings. The van der Waals surface area contributed by atoms with Crippen molar-refractivity contribution in [3.8, 4) is 0 Å². The molecule has 0 heterocycles. The molecule has 22 heavy (non-hydrogen) atoms. The van der Waals surface area contributed by atoms with Crippen LogP contribution >= 0.6 is 15.9 Å². The minimum Gasteiger partial charge on any atom is -0.318 e. The maximum atomic E-state index is 13.4. The third-order valence-corrected chi connectivity index (χ3v) is 3.32. The Hall–Kier alpha value is -2.28. The van der Waals surface area contributed by atoms with Crippen LogP contribution < -0.4 is 10.6 Å². The molecule has 114 valence electrons. The number of anilines is 2. The van der Waals surface area contributed by atoms with Gasteiger partial charge in [0.05, 0.1) is 5.69 Å². The minimum atomic E-state index is -1.05. The van der Waals surface area contributed by atoms with E-state index in [9.17, 15) is 18.4 Å². The van der Waals surface area contributed by atoms with Crippen LogP contribution in [0.5, 0.6) is 0 Å². The molecule has 0 spiro atoms. The Morgan fingerprint density at radius 3 is 2.14 bits per heavy atom. The fraction of sp³-hybridized carbons (Fsp3) is 0.0667. The van der Waals surface area contributed by atoms with Crippen LogP contribution in [-0.4, -0.2) is 11.8 Å². The fourth-order valence-corrected chi connectivity index (χ4v) is 2.19. The van der Waals surface area contributed by atoms with Gasteiger partial charge in [-0.1, -0.05) is 15.9 Å². The normalized spacial score (nSPS) is 10.2. The molecule has 2 N–H and O–H groups in total. The number of nitrogens with one attached hydrogen (secondary N) is 2. The molecular formula is C15H11BrF2N2O2. The SMILES string of the molecule is Cc1cc(Br)ccc1NC(=O)C(=O)Nc1ccc(F)cc1F. The third-order valence-electron chi connectivity index (χ3n) is 2.82. The lowest BCUT2D eigenvalue weighted by atomic mass is 10.2. The summed E-state index contributed by atoms with van der Waals surface area (Å²) in [5, 5.41) is 4.51. The van der Waals surface area contributed by atoms with E-state index in [1.165, 1.54) is 0 Å². The lowest BCUT2D eigenvalue weighted by molar-refractivity contribution is -0.133. The highest BCUT2D eigenvalue weighted by Gasteiger charge is 2.17. The third kappa shape index (κ3) is 3.88. The van der Waals surface area contributed by atoms with E-state index in [0.717, 1.165) is 22.2 Å². The van der Waals surface area contributed by atoms with E-state index in [2.05, 4.69) is 26.6 Å². The second-order valence-electron chi connectivity index (χ2n) is 4.49. The van der Waals surface area contributed by atoms with Crippen LogP contribution in [0, 0.1) is 18.6 Å². The maximum absolute atomic E-state index is 13.4. The summed E-state index contributed by atoms with van der Waals surface area (Å²) in [7, 11) is 0. The number of carbonyl (C=O) groups is 2. The van der Waals surface area contributed by atoms with E-state index >= 15 is 0 Å². The number of carbonyl (C=O) groups excluding carboxylic acids is 2. The number of aryl methyl sites for hydroxylation is 1. The Morgan fingerprint density at radius 2 is 1.55 bits per heavy atom. The van der Waals surface area contributed by atoms with Crippen molar-refractivity contribution in [1.82, 2.24) is 0 Å². The largest absolute Gasteiger partial charge is 0.318 e. The van der Waals surface area contributed by atoms with Gasteiger partial charge in [-0.15, -0.1) is 0 Å². The van der Waals surface area contributed by atoms with Crippen LogP contribution in [0.2, 0.25) is 0 Å². The first-order chi connectivity index (χ1) is 10.4. The Kier molecular flexibility index (Phi) is 4.87. The molecule has 0 aromatic heterocycles. The van der Waals surface area contributed by atoms with Gasteiger partial charge in [0.2, 0.25) is 0 Å². The predicted octanol–water partition coefficient (Wildman–Crippen LogP) is 3.61. The van der Waals surface area contributed by atoms with Gasteiger partial charge in [-0.05, 0) is 42.8 Å². The molecule has 0 saturated heterocycles. The van der Waals surface area contributed by atoms with E-state index in [1.54, 1.807) is 25.1 Å². The van der Waals surface area contributed by atoms with Crippen molar-refractivity contribution in [2.75, 3.05) is 10.6 Å². The fourth-order valence-electron chi connectivity index (χ4n) is 1.72.